The number of phenolic OH excluding ortho intramolecular Hbond substituents is 1. The number of rotatable bonds is 8. The van der Waals surface area contributed by atoms with E-state index in [0.717, 1.165) is 24.9 Å². The van der Waals surface area contributed by atoms with Crippen molar-refractivity contribution in [1.29, 1.82) is 0 Å². The summed E-state index contributed by atoms with van der Waals surface area (Å²) in [7, 11) is 1.55. The molecule has 0 saturated carbocycles. The molecule has 20 heavy (non-hydrogen) atoms. The number of carbonyl (C=O) groups is 1. The quantitative estimate of drug-likeness (QED) is 0.764. The van der Waals surface area contributed by atoms with Gasteiger partial charge in [0.05, 0.1) is 13.7 Å². The monoisotopic (exact) mass is 280 g/mol. The number of primary amides is 1. The molecule has 1 aromatic carbocycles. The van der Waals surface area contributed by atoms with Crippen LogP contribution in [0.2, 0.25) is 0 Å². The Balaban J connectivity index is 2.92. The third kappa shape index (κ3) is 4.42. The van der Waals surface area contributed by atoms with E-state index < -0.39 is 0 Å². The molecule has 0 saturated heterocycles. The van der Waals surface area contributed by atoms with Crippen molar-refractivity contribution in [3.05, 3.63) is 23.8 Å². The minimum Gasteiger partial charge on any atom is -0.507 e. The molecule has 1 unspecified atom stereocenters. The molecule has 112 valence electrons. The number of methoxy groups -OCH3 is 1. The van der Waals surface area contributed by atoms with E-state index in [1.165, 1.54) is 0 Å². The fraction of sp³-hybridized carbons (Fsp3) is 0.533. The van der Waals surface area contributed by atoms with Crippen LogP contribution in [-0.4, -0.2) is 36.1 Å². The fourth-order valence-corrected chi connectivity index (χ4v) is 2.17. The Kier molecular flexibility index (Phi) is 6.31. The van der Waals surface area contributed by atoms with Crippen LogP contribution in [0.4, 0.5) is 0 Å². The average Bonchev–Trinajstić information content (AvgIpc) is 2.42. The topological polar surface area (TPSA) is 75.8 Å². The first-order valence-corrected chi connectivity index (χ1v) is 6.88. The highest BCUT2D eigenvalue weighted by Crippen LogP contribution is 2.31. The molecule has 3 N–H and O–H groups in total. The number of benzene rings is 1. The Morgan fingerprint density at radius 2 is 2.20 bits per heavy atom. The molecule has 0 spiro atoms. The molecule has 0 aliphatic heterocycles. The predicted octanol–water partition coefficient (Wildman–Crippen LogP) is 2.05. The first-order valence-electron chi connectivity index (χ1n) is 6.88. The number of carbonyl (C=O) groups excluding carboxylic acids is 1. The van der Waals surface area contributed by atoms with Crippen molar-refractivity contribution in [3.63, 3.8) is 0 Å². The number of phenols is 1. The summed E-state index contributed by atoms with van der Waals surface area (Å²) in [4.78, 5) is 13.2. The summed E-state index contributed by atoms with van der Waals surface area (Å²) in [6.45, 7) is 5.01. The Morgan fingerprint density at radius 1 is 1.50 bits per heavy atom. The molecule has 0 heterocycles. The average molecular weight is 280 g/mol. The van der Waals surface area contributed by atoms with Crippen molar-refractivity contribution in [1.82, 2.24) is 4.90 Å². The number of amides is 1. The summed E-state index contributed by atoms with van der Waals surface area (Å²) in [5.41, 5.74) is 6.07. The predicted molar refractivity (Wildman–Crippen MR) is 78.7 cm³/mol. The second-order valence-corrected chi connectivity index (χ2v) is 4.89. The van der Waals surface area contributed by atoms with Gasteiger partial charge < -0.3 is 15.6 Å². The van der Waals surface area contributed by atoms with Crippen LogP contribution in [0.3, 0.4) is 0 Å². The second-order valence-electron chi connectivity index (χ2n) is 4.89. The fourth-order valence-electron chi connectivity index (χ4n) is 2.17. The van der Waals surface area contributed by atoms with Gasteiger partial charge in [0.2, 0.25) is 5.91 Å². The van der Waals surface area contributed by atoms with Gasteiger partial charge in [0, 0.05) is 17.7 Å². The molecule has 1 aromatic rings. The van der Waals surface area contributed by atoms with Crippen molar-refractivity contribution >= 4 is 5.91 Å². The van der Waals surface area contributed by atoms with Crippen LogP contribution < -0.4 is 10.5 Å². The van der Waals surface area contributed by atoms with Crippen LogP contribution in [0, 0.1) is 0 Å². The van der Waals surface area contributed by atoms with Crippen molar-refractivity contribution in [2.75, 3.05) is 20.2 Å². The van der Waals surface area contributed by atoms with Gasteiger partial charge in [-0.3, -0.25) is 9.69 Å². The van der Waals surface area contributed by atoms with E-state index in [2.05, 4.69) is 6.92 Å². The summed E-state index contributed by atoms with van der Waals surface area (Å²) >= 11 is 0. The van der Waals surface area contributed by atoms with Gasteiger partial charge in [-0.15, -0.1) is 0 Å². The summed E-state index contributed by atoms with van der Waals surface area (Å²) in [6, 6.07) is 5.11. The van der Waals surface area contributed by atoms with Crippen molar-refractivity contribution < 1.29 is 14.6 Å². The van der Waals surface area contributed by atoms with Gasteiger partial charge in [0.1, 0.15) is 11.5 Å². The van der Waals surface area contributed by atoms with Gasteiger partial charge >= 0.3 is 0 Å². The molecule has 0 bridgehead atoms. The highest BCUT2D eigenvalue weighted by Gasteiger charge is 2.20. The van der Waals surface area contributed by atoms with Gasteiger partial charge in [-0.25, -0.2) is 0 Å². The lowest BCUT2D eigenvalue weighted by molar-refractivity contribution is -0.119. The Labute approximate surface area is 120 Å². The maximum atomic E-state index is 11.2. The van der Waals surface area contributed by atoms with Crippen LogP contribution in [0.15, 0.2) is 18.2 Å². The summed E-state index contributed by atoms with van der Waals surface area (Å²) in [5, 5.41) is 10.1. The number of hydrogen-bond acceptors (Lipinski definition) is 4. The molecule has 5 heteroatoms. The first kappa shape index (κ1) is 16.3. The Hall–Kier alpha value is -1.75. The lowest BCUT2D eigenvalue weighted by atomic mass is 10.0. The van der Waals surface area contributed by atoms with E-state index >= 15 is 0 Å². The molecule has 1 amide bonds. The lowest BCUT2D eigenvalue weighted by Gasteiger charge is -2.28. The van der Waals surface area contributed by atoms with Crippen molar-refractivity contribution in [2.45, 2.75) is 32.7 Å². The molecule has 1 atom stereocenters. The van der Waals surface area contributed by atoms with Crippen LogP contribution in [0.5, 0.6) is 11.5 Å². The standard InChI is InChI=1S/C15H24N2O3/c1-4-5-8-17(10-15(16)19)11(2)13-7-6-12(20-3)9-14(13)18/h6-7,9,11,18H,4-5,8,10H2,1-3H3,(H2,16,19). The molecule has 0 aliphatic rings. The zero-order valence-electron chi connectivity index (χ0n) is 12.4. The van der Waals surface area contributed by atoms with Gasteiger partial charge in [-0.05, 0) is 26.0 Å². The molecular weight excluding hydrogens is 256 g/mol. The molecule has 0 aliphatic carbocycles. The summed E-state index contributed by atoms with van der Waals surface area (Å²) in [6.07, 6.45) is 2.02. The number of nitrogens with zero attached hydrogens (tertiary/aromatic N) is 1. The highest BCUT2D eigenvalue weighted by molar-refractivity contribution is 5.76. The highest BCUT2D eigenvalue weighted by atomic mass is 16.5. The largest absolute Gasteiger partial charge is 0.507 e. The second kappa shape index (κ2) is 7.75. The summed E-state index contributed by atoms with van der Waals surface area (Å²) in [5.74, 6) is 0.414. The number of ether oxygens (including phenoxy) is 1. The summed E-state index contributed by atoms with van der Waals surface area (Å²) < 4.78 is 5.07. The van der Waals surface area contributed by atoms with Crippen molar-refractivity contribution in [3.8, 4) is 11.5 Å². The number of aromatic hydroxyl groups is 1. The third-order valence-corrected chi connectivity index (χ3v) is 3.39. The maximum absolute atomic E-state index is 11.2. The van der Waals surface area contributed by atoms with Gasteiger partial charge in [0.25, 0.3) is 0 Å². The van der Waals surface area contributed by atoms with E-state index in [4.69, 9.17) is 10.5 Å². The molecule has 0 aromatic heterocycles. The van der Waals surface area contributed by atoms with E-state index in [-0.39, 0.29) is 24.2 Å². The van der Waals surface area contributed by atoms with Gasteiger partial charge in [-0.1, -0.05) is 19.4 Å². The smallest absolute Gasteiger partial charge is 0.231 e. The SMILES string of the molecule is CCCCN(CC(N)=O)C(C)c1ccc(OC)cc1O. The van der Waals surface area contributed by atoms with E-state index in [1.807, 2.05) is 17.9 Å². The van der Waals surface area contributed by atoms with Crippen molar-refractivity contribution in [2.24, 2.45) is 5.73 Å². The van der Waals surface area contributed by atoms with Gasteiger partial charge in [0.15, 0.2) is 0 Å². The van der Waals surface area contributed by atoms with Crippen LogP contribution in [0.1, 0.15) is 38.3 Å². The molecule has 1 rings (SSSR count). The third-order valence-electron chi connectivity index (χ3n) is 3.39. The number of hydrogen-bond donors (Lipinski definition) is 2. The zero-order valence-corrected chi connectivity index (χ0v) is 12.4. The van der Waals surface area contributed by atoms with Crippen LogP contribution in [-0.2, 0) is 4.79 Å². The Morgan fingerprint density at radius 3 is 2.70 bits per heavy atom. The first-order chi connectivity index (χ1) is 9.49. The van der Waals surface area contributed by atoms with E-state index in [9.17, 15) is 9.90 Å². The molecule has 0 fully saturated rings. The Bertz CT molecular complexity index is 449. The molecular formula is C15H24N2O3. The normalized spacial score (nSPS) is 12.4. The van der Waals surface area contributed by atoms with Crippen LogP contribution in [0.25, 0.3) is 0 Å². The zero-order chi connectivity index (χ0) is 15.1. The number of nitrogens with two attached hydrogens (primary N) is 1. The molecule has 0 radical (unpaired) electrons. The van der Waals surface area contributed by atoms with Crippen LogP contribution >= 0.6 is 0 Å². The lowest BCUT2D eigenvalue weighted by Crippen LogP contribution is -2.36. The maximum Gasteiger partial charge on any atom is 0.231 e. The number of unbranched alkanes of at least 4 members (excludes halogenated alkanes) is 1. The van der Waals surface area contributed by atoms with E-state index in [0.29, 0.717) is 5.75 Å². The molecule has 5 nitrogen and oxygen atoms in total. The van der Waals surface area contributed by atoms with Gasteiger partial charge in [-0.2, -0.15) is 0 Å². The minimum absolute atomic E-state index is 0.0834. The van der Waals surface area contributed by atoms with E-state index in [1.54, 1.807) is 19.2 Å². The minimum atomic E-state index is -0.360.